The predicted molar refractivity (Wildman–Crippen MR) is 106 cm³/mol. The van der Waals surface area contributed by atoms with E-state index in [1.54, 1.807) is 36.0 Å². The van der Waals surface area contributed by atoms with E-state index in [-0.39, 0.29) is 18.4 Å². The number of rotatable bonds is 1. The lowest BCUT2D eigenvalue weighted by atomic mass is 10.2. The quantitative estimate of drug-likeness (QED) is 0.804. The van der Waals surface area contributed by atoms with Crippen molar-refractivity contribution >= 4 is 17.6 Å². The lowest BCUT2D eigenvalue weighted by Gasteiger charge is -2.25. The first-order chi connectivity index (χ1) is 13.5. The number of anilines is 1. The van der Waals surface area contributed by atoms with Crippen LogP contribution in [0.3, 0.4) is 0 Å². The summed E-state index contributed by atoms with van der Waals surface area (Å²) in [6.45, 7) is 3.59. The second-order valence-corrected chi connectivity index (χ2v) is 6.93. The third-order valence-corrected chi connectivity index (χ3v) is 4.68. The predicted octanol–water partition coefficient (Wildman–Crippen LogP) is 1.53. The Kier molecular flexibility index (Phi) is 6.52. The summed E-state index contributed by atoms with van der Waals surface area (Å²) >= 11 is 0. The fourth-order valence-electron chi connectivity index (χ4n) is 3.10. The van der Waals surface area contributed by atoms with E-state index in [1.807, 2.05) is 18.2 Å². The van der Waals surface area contributed by atoms with Gasteiger partial charge in [0.05, 0.1) is 0 Å². The molecule has 1 aliphatic rings. The minimum absolute atomic E-state index is 0.0410. The molecule has 28 heavy (non-hydrogen) atoms. The zero-order valence-corrected chi connectivity index (χ0v) is 16.4. The van der Waals surface area contributed by atoms with Crippen LogP contribution in [0.15, 0.2) is 30.5 Å². The SMILES string of the molecule is Cc1nccc(C(=O)N2CCCc3cccc(n3)NCCCN(C)C(=O)C2)n1. The number of amides is 2. The fraction of sp³-hybridized carbons (Fsp3) is 0.450. The van der Waals surface area contributed by atoms with Gasteiger partial charge in [0.15, 0.2) is 0 Å². The molecule has 2 aromatic rings. The summed E-state index contributed by atoms with van der Waals surface area (Å²) < 4.78 is 0. The number of likely N-dealkylation sites (N-methyl/N-ethyl adjacent to an activating group) is 1. The molecule has 3 heterocycles. The largest absolute Gasteiger partial charge is 0.370 e. The number of aromatic nitrogens is 3. The minimum Gasteiger partial charge on any atom is -0.370 e. The maximum atomic E-state index is 13.0. The molecule has 148 valence electrons. The van der Waals surface area contributed by atoms with Crippen molar-refractivity contribution in [1.29, 1.82) is 0 Å². The lowest BCUT2D eigenvalue weighted by molar-refractivity contribution is -0.130. The molecular weight excluding hydrogens is 356 g/mol. The van der Waals surface area contributed by atoms with Crippen LogP contribution in [0, 0.1) is 6.92 Å². The van der Waals surface area contributed by atoms with Gasteiger partial charge in [-0.3, -0.25) is 9.59 Å². The molecule has 1 aliphatic heterocycles. The van der Waals surface area contributed by atoms with Gasteiger partial charge in [0, 0.05) is 38.6 Å². The third-order valence-electron chi connectivity index (χ3n) is 4.68. The molecule has 8 heteroatoms. The molecule has 0 saturated carbocycles. The lowest BCUT2D eigenvalue weighted by Crippen LogP contribution is -2.43. The van der Waals surface area contributed by atoms with Crippen LogP contribution in [0.5, 0.6) is 0 Å². The van der Waals surface area contributed by atoms with E-state index in [2.05, 4.69) is 20.3 Å². The topological polar surface area (TPSA) is 91.3 Å². The Balaban J connectivity index is 1.79. The van der Waals surface area contributed by atoms with Crippen LogP contribution in [0.25, 0.3) is 0 Å². The van der Waals surface area contributed by atoms with Gasteiger partial charge >= 0.3 is 0 Å². The molecule has 0 atom stereocenters. The molecule has 8 nitrogen and oxygen atoms in total. The van der Waals surface area contributed by atoms with Crippen LogP contribution < -0.4 is 5.32 Å². The summed E-state index contributed by atoms with van der Waals surface area (Å²) in [7, 11) is 1.77. The molecule has 2 amide bonds. The molecule has 0 spiro atoms. The molecule has 2 aromatic heterocycles. The van der Waals surface area contributed by atoms with Crippen molar-refractivity contribution in [3.63, 3.8) is 0 Å². The van der Waals surface area contributed by atoms with Crippen LogP contribution in [0.4, 0.5) is 5.82 Å². The van der Waals surface area contributed by atoms with E-state index in [4.69, 9.17) is 0 Å². The van der Waals surface area contributed by atoms with Gasteiger partial charge in [0.2, 0.25) is 5.91 Å². The van der Waals surface area contributed by atoms with Gasteiger partial charge in [-0.25, -0.2) is 15.0 Å². The number of hydrogen-bond acceptors (Lipinski definition) is 6. The van der Waals surface area contributed by atoms with Gasteiger partial charge < -0.3 is 15.1 Å². The van der Waals surface area contributed by atoms with Crippen LogP contribution in [-0.2, 0) is 11.2 Å². The first-order valence-corrected chi connectivity index (χ1v) is 9.55. The number of carbonyl (C=O) groups is 2. The highest BCUT2D eigenvalue weighted by molar-refractivity contribution is 5.94. The first-order valence-electron chi connectivity index (χ1n) is 9.55. The van der Waals surface area contributed by atoms with Crippen molar-refractivity contribution in [2.45, 2.75) is 26.2 Å². The number of nitrogens with zero attached hydrogens (tertiary/aromatic N) is 5. The smallest absolute Gasteiger partial charge is 0.273 e. The Morgan fingerprint density at radius 2 is 2.00 bits per heavy atom. The van der Waals surface area contributed by atoms with Crippen molar-refractivity contribution in [3.05, 3.63) is 47.7 Å². The molecule has 0 radical (unpaired) electrons. The summed E-state index contributed by atoms with van der Waals surface area (Å²) in [5, 5.41) is 3.30. The average molecular weight is 382 g/mol. The standard InChI is InChI=1S/C20H26N6O2/c1-15-21-11-9-17(23-15)20(28)26-13-4-7-16-6-3-8-18(24-16)22-10-5-12-25(2)19(27)14-26/h3,6,8-9,11H,4-5,7,10,12-14H2,1-2H3,(H,22,24). The third kappa shape index (κ3) is 5.25. The summed E-state index contributed by atoms with van der Waals surface area (Å²) in [6.07, 6.45) is 3.80. The highest BCUT2D eigenvalue weighted by Crippen LogP contribution is 2.10. The second kappa shape index (κ2) is 9.25. The van der Waals surface area contributed by atoms with E-state index in [1.165, 1.54) is 0 Å². The summed E-state index contributed by atoms with van der Waals surface area (Å²) in [6, 6.07) is 7.50. The number of nitrogens with one attached hydrogen (secondary N) is 1. The van der Waals surface area contributed by atoms with Gasteiger partial charge in [0.25, 0.3) is 5.91 Å². The Morgan fingerprint density at radius 3 is 2.82 bits per heavy atom. The van der Waals surface area contributed by atoms with Crippen molar-refractivity contribution < 1.29 is 9.59 Å². The molecule has 0 aromatic carbocycles. The summed E-state index contributed by atoms with van der Waals surface area (Å²) in [5.41, 5.74) is 1.28. The van der Waals surface area contributed by atoms with Gasteiger partial charge in [-0.1, -0.05) is 6.07 Å². The normalized spacial score (nSPS) is 16.3. The summed E-state index contributed by atoms with van der Waals surface area (Å²) in [5.74, 6) is 1.05. The second-order valence-electron chi connectivity index (χ2n) is 6.93. The number of hydrogen-bond donors (Lipinski definition) is 1. The Morgan fingerprint density at radius 1 is 1.14 bits per heavy atom. The summed E-state index contributed by atoms with van der Waals surface area (Å²) in [4.78, 5) is 41.7. The Labute approximate surface area is 165 Å². The zero-order valence-electron chi connectivity index (χ0n) is 16.4. The fourth-order valence-corrected chi connectivity index (χ4v) is 3.10. The van der Waals surface area contributed by atoms with Gasteiger partial charge in [-0.2, -0.15) is 0 Å². The van der Waals surface area contributed by atoms with Crippen molar-refractivity contribution in [2.24, 2.45) is 0 Å². The zero-order chi connectivity index (χ0) is 19.9. The molecular formula is C20H26N6O2. The van der Waals surface area contributed by atoms with Crippen molar-refractivity contribution in [2.75, 3.05) is 38.5 Å². The molecule has 3 rings (SSSR count). The van der Waals surface area contributed by atoms with E-state index < -0.39 is 0 Å². The van der Waals surface area contributed by atoms with Crippen LogP contribution in [0.1, 0.15) is 34.8 Å². The molecule has 0 aliphatic carbocycles. The maximum Gasteiger partial charge on any atom is 0.273 e. The highest BCUT2D eigenvalue weighted by atomic mass is 16.2. The van der Waals surface area contributed by atoms with E-state index >= 15 is 0 Å². The Bertz CT molecular complexity index is 841. The maximum absolute atomic E-state index is 13.0. The number of carbonyl (C=O) groups excluding carboxylic acids is 2. The molecule has 0 fully saturated rings. The van der Waals surface area contributed by atoms with E-state index in [0.717, 1.165) is 30.9 Å². The highest BCUT2D eigenvalue weighted by Gasteiger charge is 2.22. The number of aryl methyl sites for hydroxylation is 2. The number of pyridine rings is 1. The molecule has 1 N–H and O–H groups in total. The monoisotopic (exact) mass is 382 g/mol. The first kappa shape index (κ1) is 19.7. The number of fused-ring (bicyclic) bond motifs is 2. The van der Waals surface area contributed by atoms with Gasteiger partial charge in [0.1, 0.15) is 23.9 Å². The van der Waals surface area contributed by atoms with Crippen molar-refractivity contribution in [1.82, 2.24) is 24.8 Å². The van der Waals surface area contributed by atoms with E-state index in [9.17, 15) is 9.59 Å². The molecule has 0 unspecified atom stereocenters. The van der Waals surface area contributed by atoms with E-state index in [0.29, 0.717) is 31.0 Å². The van der Waals surface area contributed by atoms with Crippen LogP contribution in [-0.4, -0.2) is 69.8 Å². The van der Waals surface area contributed by atoms with Gasteiger partial charge in [-0.15, -0.1) is 0 Å². The minimum atomic E-state index is -0.247. The Hall–Kier alpha value is -3.03. The average Bonchev–Trinajstić information content (AvgIpc) is 2.69. The van der Waals surface area contributed by atoms with Crippen LogP contribution >= 0.6 is 0 Å². The van der Waals surface area contributed by atoms with Crippen molar-refractivity contribution in [3.8, 4) is 0 Å². The molecule has 0 saturated heterocycles. The van der Waals surface area contributed by atoms with Gasteiger partial charge in [-0.05, 0) is 44.4 Å². The molecule has 2 bridgehead atoms. The van der Waals surface area contributed by atoms with Crippen LogP contribution in [0.2, 0.25) is 0 Å².